The van der Waals surface area contributed by atoms with Crippen molar-refractivity contribution in [2.75, 3.05) is 32.5 Å². The zero-order valence-electron chi connectivity index (χ0n) is 10.9. The summed E-state index contributed by atoms with van der Waals surface area (Å²) in [6.07, 6.45) is 3.70. The van der Waals surface area contributed by atoms with Gasteiger partial charge in [-0.1, -0.05) is 0 Å². The molecule has 104 valence electrons. The first-order chi connectivity index (χ1) is 9.11. The number of nitrogens with two attached hydrogens (primary N) is 1. The smallest absolute Gasteiger partial charge is 0.257 e. The van der Waals surface area contributed by atoms with Gasteiger partial charge in [-0.25, -0.2) is 4.98 Å². The van der Waals surface area contributed by atoms with Crippen molar-refractivity contribution in [3.8, 4) is 0 Å². The summed E-state index contributed by atoms with van der Waals surface area (Å²) in [5.74, 6) is 0.637. The van der Waals surface area contributed by atoms with Crippen molar-refractivity contribution in [3.05, 3.63) is 22.3 Å². The monoisotopic (exact) mass is 327 g/mol. The van der Waals surface area contributed by atoms with E-state index in [1.165, 1.54) is 0 Å². The Balaban J connectivity index is 2.12. The fourth-order valence-electron chi connectivity index (χ4n) is 2.41. The van der Waals surface area contributed by atoms with Crippen molar-refractivity contribution >= 4 is 27.7 Å². The van der Waals surface area contributed by atoms with Crippen LogP contribution in [-0.2, 0) is 4.74 Å². The van der Waals surface area contributed by atoms with Crippen LogP contribution in [0.5, 0.6) is 0 Å². The predicted octanol–water partition coefficient (Wildman–Crippen LogP) is 1.92. The van der Waals surface area contributed by atoms with Gasteiger partial charge in [0, 0.05) is 30.9 Å². The van der Waals surface area contributed by atoms with Gasteiger partial charge < -0.3 is 15.4 Å². The minimum absolute atomic E-state index is 0.0490. The third kappa shape index (κ3) is 3.45. The van der Waals surface area contributed by atoms with Crippen molar-refractivity contribution in [1.29, 1.82) is 0 Å². The molecule has 1 aliphatic heterocycles. The van der Waals surface area contributed by atoms with Crippen molar-refractivity contribution in [2.45, 2.75) is 12.8 Å². The SMILES string of the molecule is COCC1CCCN(C(=O)c2cc(Br)cnc2N)C1. The summed E-state index contributed by atoms with van der Waals surface area (Å²) in [6.45, 7) is 2.18. The lowest BCUT2D eigenvalue weighted by molar-refractivity contribution is 0.0571. The fraction of sp³-hybridized carbons (Fsp3) is 0.538. The Morgan fingerprint density at radius 1 is 1.68 bits per heavy atom. The maximum Gasteiger partial charge on any atom is 0.257 e. The molecule has 2 N–H and O–H groups in total. The number of amides is 1. The van der Waals surface area contributed by atoms with Crippen LogP contribution in [0.25, 0.3) is 0 Å². The van der Waals surface area contributed by atoms with E-state index in [-0.39, 0.29) is 11.7 Å². The molecular weight excluding hydrogens is 310 g/mol. The van der Waals surface area contributed by atoms with E-state index in [1.54, 1.807) is 19.4 Å². The highest BCUT2D eigenvalue weighted by Crippen LogP contribution is 2.22. The van der Waals surface area contributed by atoms with Crippen molar-refractivity contribution in [2.24, 2.45) is 5.92 Å². The minimum Gasteiger partial charge on any atom is -0.384 e. The zero-order chi connectivity index (χ0) is 13.8. The van der Waals surface area contributed by atoms with E-state index in [0.29, 0.717) is 18.1 Å². The number of methoxy groups -OCH3 is 1. The average molecular weight is 328 g/mol. The van der Waals surface area contributed by atoms with Crippen LogP contribution < -0.4 is 5.73 Å². The number of pyridine rings is 1. The Kier molecular flexibility index (Phi) is 4.76. The number of halogens is 1. The summed E-state index contributed by atoms with van der Waals surface area (Å²) in [7, 11) is 1.69. The van der Waals surface area contributed by atoms with Gasteiger partial charge in [-0.3, -0.25) is 4.79 Å². The van der Waals surface area contributed by atoms with Crippen LogP contribution in [0.2, 0.25) is 0 Å². The summed E-state index contributed by atoms with van der Waals surface area (Å²) in [6, 6.07) is 1.73. The molecule has 1 atom stereocenters. The highest BCUT2D eigenvalue weighted by molar-refractivity contribution is 9.10. The van der Waals surface area contributed by atoms with E-state index in [4.69, 9.17) is 10.5 Å². The number of aromatic nitrogens is 1. The van der Waals surface area contributed by atoms with Gasteiger partial charge in [-0.2, -0.15) is 0 Å². The van der Waals surface area contributed by atoms with E-state index in [9.17, 15) is 4.79 Å². The largest absolute Gasteiger partial charge is 0.384 e. The Morgan fingerprint density at radius 3 is 3.21 bits per heavy atom. The van der Waals surface area contributed by atoms with Gasteiger partial charge in [0.15, 0.2) is 0 Å². The van der Waals surface area contributed by atoms with Gasteiger partial charge in [-0.15, -0.1) is 0 Å². The molecule has 1 saturated heterocycles. The van der Waals surface area contributed by atoms with Crippen molar-refractivity contribution in [3.63, 3.8) is 0 Å². The third-order valence-corrected chi connectivity index (χ3v) is 3.76. The predicted molar refractivity (Wildman–Crippen MR) is 76.9 cm³/mol. The summed E-state index contributed by atoms with van der Waals surface area (Å²) in [5.41, 5.74) is 6.25. The lowest BCUT2D eigenvalue weighted by atomic mass is 9.98. The Morgan fingerprint density at radius 2 is 2.47 bits per heavy atom. The van der Waals surface area contributed by atoms with Crippen molar-refractivity contribution < 1.29 is 9.53 Å². The molecule has 6 heteroatoms. The molecule has 0 aromatic carbocycles. The Bertz CT molecular complexity index is 465. The number of hydrogen-bond acceptors (Lipinski definition) is 4. The molecule has 1 aromatic heterocycles. The van der Waals surface area contributed by atoms with E-state index in [1.807, 2.05) is 4.90 Å². The molecular formula is C13H18BrN3O2. The number of likely N-dealkylation sites (tertiary alicyclic amines) is 1. The fourth-order valence-corrected chi connectivity index (χ4v) is 2.74. The molecule has 0 saturated carbocycles. The molecule has 0 aliphatic carbocycles. The van der Waals surface area contributed by atoms with E-state index in [2.05, 4.69) is 20.9 Å². The number of piperidine rings is 1. The lowest BCUT2D eigenvalue weighted by Crippen LogP contribution is -2.41. The second kappa shape index (κ2) is 6.34. The van der Waals surface area contributed by atoms with Crippen molar-refractivity contribution in [1.82, 2.24) is 9.88 Å². The lowest BCUT2D eigenvalue weighted by Gasteiger charge is -2.32. The van der Waals surface area contributed by atoms with Crippen LogP contribution in [0.15, 0.2) is 16.7 Å². The first kappa shape index (κ1) is 14.3. The maximum atomic E-state index is 12.5. The van der Waals surface area contributed by atoms with Gasteiger partial charge in [0.2, 0.25) is 0 Å². The minimum atomic E-state index is -0.0490. The molecule has 1 aliphatic rings. The van der Waals surface area contributed by atoms with Gasteiger partial charge in [0.25, 0.3) is 5.91 Å². The van der Waals surface area contributed by atoms with Crippen LogP contribution in [0.4, 0.5) is 5.82 Å². The van der Waals surface area contributed by atoms with Crippen LogP contribution in [0.1, 0.15) is 23.2 Å². The van der Waals surface area contributed by atoms with Gasteiger partial charge >= 0.3 is 0 Å². The second-order valence-electron chi connectivity index (χ2n) is 4.80. The molecule has 19 heavy (non-hydrogen) atoms. The summed E-state index contributed by atoms with van der Waals surface area (Å²) in [5, 5.41) is 0. The first-order valence-electron chi connectivity index (χ1n) is 6.31. The molecule has 1 aromatic rings. The molecule has 5 nitrogen and oxygen atoms in total. The van der Waals surface area contributed by atoms with E-state index in [0.717, 1.165) is 30.4 Å². The second-order valence-corrected chi connectivity index (χ2v) is 5.72. The number of ether oxygens (including phenoxy) is 1. The molecule has 1 amide bonds. The van der Waals surface area contributed by atoms with Crippen LogP contribution in [0, 0.1) is 5.92 Å². The molecule has 0 spiro atoms. The first-order valence-corrected chi connectivity index (χ1v) is 7.10. The van der Waals surface area contributed by atoms with E-state index < -0.39 is 0 Å². The molecule has 2 heterocycles. The topological polar surface area (TPSA) is 68.5 Å². The van der Waals surface area contributed by atoms with E-state index >= 15 is 0 Å². The summed E-state index contributed by atoms with van der Waals surface area (Å²) >= 11 is 3.32. The van der Waals surface area contributed by atoms with Crippen LogP contribution in [-0.4, -0.2) is 42.6 Å². The van der Waals surface area contributed by atoms with Crippen LogP contribution >= 0.6 is 15.9 Å². The standard InChI is InChI=1S/C13H18BrN3O2/c1-19-8-9-3-2-4-17(7-9)13(18)11-5-10(14)6-16-12(11)15/h5-6,9H,2-4,7-8H2,1H3,(H2,15,16). The summed E-state index contributed by atoms with van der Waals surface area (Å²) < 4.78 is 5.94. The molecule has 1 unspecified atom stereocenters. The number of rotatable bonds is 3. The molecule has 0 bridgehead atoms. The molecule has 1 fully saturated rings. The molecule has 2 rings (SSSR count). The molecule has 0 radical (unpaired) electrons. The Labute approximate surface area is 121 Å². The number of anilines is 1. The highest BCUT2D eigenvalue weighted by Gasteiger charge is 2.25. The Hall–Kier alpha value is -1.14. The number of hydrogen-bond donors (Lipinski definition) is 1. The highest BCUT2D eigenvalue weighted by atomic mass is 79.9. The normalized spacial score (nSPS) is 19.5. The van der Waals surface area contributed by atoms with Crippen LogP contribution in [0.3, 0.4) is 0 Å². The number of carbonyl (C=O) groups excluding carboxylic acids is 1. The average Bonchev–Trinajstić information content (AvgIpc) is 2.41. The number of carbonyl (C=O) groups is 1. The maximum absolute atomic E-state index is 12.5. The van der Waals surface area contributed by atoms with Gasteiger partial charge in [-0.05, 0) is 40.8 Å². The number of nitrogens with zero attached hydrogens (tertiary/aromatic N) is 2. The quantitative estimate of drug-likeness (QED) is 0.920. The summed E-state index contributed by atoms with van der Waals surface area (Å²) in [4.78, 5) is 18.3. The van der Waals surface area contributed by atoms with Gasteiger partial charge in [0.05, 0.1) is 12.2 Å². The van der Waals surface area contributed by atoms with Gasteiger partial charge in [0.1, 0.15) is 5.82 Å². The third-order valence-electron chi connectivity index (χ3n) is 3.32. The zero-order valence-corrected chi connectivity index (χ0v) is 12.5. The number of nitrogen functional groups attached to an aromatic ring is 1.